The minimum atomic E-state index is 0.171. The molecule has 1 radical (unpaired) electrons. The van der Waals surface area contributed by atoms with E-state index in [-0.39, 0.29) is 12.2 Å². The van der Waals surface area contributed by atoms with Crippen molar-refractivity contribution in [1.82, 2.24) is 20.9 Å². The van der Waals surface area contributed by atoms with Crippen LogP contribution >= 0.6 is 0 Å². The summed E-state index contributed by atoms with van der Waals surface area (Å²) < 4.78 is 0. The van der Waals surface area contributed by atoms with E-state index in [1.54, 1.807) is 0 Å². The van der Waals surface area contributed by atoms with Crippen LogP contribution in [0.4, 0.5) is 0 Å². The molecule has 0 aromatic heterocycles. The van der Waals surface area contributed by atoms with Gasteiger partial charge in [0.1, 0.15) is 6.29 Å². The van der Waals surface area contributed by atoms with Crippen LogP contribution in [0.2, 0.25) is 0 Å². The van der Waals surface area contributed by atoms with Gasteiger partial charge in [0.2, 0.25) is 5.91 Å². The van der Waals surface area contributed by atoms with Gasteiger partial charge in [-0.1, -0.05) is 26.2 Å². The highest BCUT2D eigenvalue weighted by molar-refractivity contribution is 5.79. The van der Waals surface area contributed by atoms with Gasteiger partial charge in [-0.05, 0) is 74.9 Å². The predicted molar refractivity (Wildman–Crippen MR) is 120 cm³/mol. The summed E-state index contributed by atoms with van der Waals surface area (Å²) in [4.78, 5) is 15.1. The largest absolute Gasteiger partial charge is 0.342 e. The fraction of sp³-hybridized carbons (Fsp3) is 0.840. The van der Waals surface area contributed by atoms with Crippen molar-refractivity contribution in [3.63, 3.8) is 0 Å². The molecule has 5 heteroatoms. The van der Waals surface area contributed by atoms with Crippen LogP contribution in [0, 0.1) is 30.3 Å². The number of rotatable bonds is 4. The van der Waals surface area contributed by atoms with Gasteiger partial charge >= 0.3 is 0 Å². The SMILES string of the molecule is [CH]=C=C1CCN(C(=O)C2CCCC(NC3NCC(C4CCC(C)CC4)CN3)C2)CC1. The molecule has 1 amide bonds. The zero-order valence-corrected chi connectivity index (χ0v) is 18.8. The molecule has 2 atom stereocenters. The molecule has 0 aromatic carbocycles. The first kappa shape index (κ1) is 22.1. The molecule has 2 saturated heterocycles. The molecule has 2 aliphatic heterocycles. The van der Waals surface area contributed by atoms with Crippen LogP contribution in [-0.4, -0.2) is 49.3 Å². The number of carbonyl (C=O) groups excluding carboxylic acids is 1. The third-order valence-electron chi connectivity index (χ3n) is 8.20. The van der Waals surface area contributed by atoms with Crippen LogP contribution in [-0.2, 0) is 4.79 Å². The maximum atomic E-state index is 13.0. The normalized spacial score (nSPS) is 38.2. The smallest absolute Gasteiger partial charge is 0.225 e. The number of hydrogen-bond acceptors (Lipinski definition) is 4. The summed E-state index contributed by atoms with van der Waals surface area (Å²) in [6.45, 7) is 11.8. The topological polar surface area (TPSA) is 56.4 Å². The molecular weight excluding hydrogens is 372 g/mol. The molecule has 2 aliphatic carbocycles. The van der Waals surface area contributed by atoms with Crippen LogP contribution in [0.25, 0.3) is 0 Å². The van der Waals surface area contributed by atoms with Gasteiger partial charge in [-0.15, -0.1) is 5.73 Å². The minimum absolute atomic E-state index is 0.171. The van der Waals surface area contributed by atoms with Gasteiger partial charge in [-0.3, -0.25) is 20.7 Å². The van der Waals surface area contributed by atoms with Gasteiger partial charge in [-0.25, -0.2) is 0 Å². The van der Waals surface area contributed by atoms with Crippen LogP contribution in [0.15, 0.2) is 11.3 Å². The molecule has 4 fully saturated rings. The van der Waals surface area contributed by atoms with Crippen LogP contribution in [0.3, 0.4) is 0 Å². The molecule has 167 valence electrons. The zero-order chi connectivity index (χ0) is 20.9. The lowest BCUT2D eigenvalue weighted by molar-refractivity contribution is -0.137. The van der Waals surface area contributed by atoms with E-state index in [1.807, 2.05) is 0 Å². The van der Waals surface area contributed by atoms with E-state index in [9.17, 15) is 4.79 Å². The van der Waals surface area contributed by atoms with Crippen molar-refractivity contribution in [3.8, 4) is 0 Å². The zero-order valence-electron chi connectivity index (χ0n) is 18.8. The van der Waals surface area contributed by atoms with Crippen molar-refractivity contribution in [3.05, 3.63) is 17.9 Å². The molecule has 2 unspecified atom stereocenters. The second-order valence-electron chi connectivity index (χ2n) is 10.3. The summed E-state index contributed by atoms with van der Waals surface area (Å²) in [5, 5.41) is 11.2. The van der Waals surface area contributed by atoms with E-state index >= 15 is 0 Å². The van der Waals surface area contributed by atoms with Gasteiger partial charge in [0.05, 0.1) is 0 Å². The van der Waals surface area contributed by atoms with Crippen molar-refractivity contribution < 1.29 is 4.79 Å². The van der Waals surface area contributed by atoms with Crippen molar-refractivity contribution in [2.24, 2.45) is 23.7 Å². The molecule has 4 rings (SSSR count). The monoisotopic (exact) mass is 413 g/mol. The molecule has 0 spiro atoms. The van der Waals surface area contributed by atoms with Crippen molar-refractivity contribution in [1.29, 1.82) is 0 Å². The Morgan fingerprint density at radius 2 is 1.73 bits per heavy atom. The van der Waals surface area contributed by atoms with E-state index in [4.69, 9.17) is 6.58 Å². The van der Waals surface area contributed by atoms with Gasteiger partial charge < -0.3 is 4.90 Å². The first-order valence-electron chi connectivity index (χ1n) is 12.4. The van der Waals surface area contributed by atoms with Gasteiger partial charge in [0.25, 0.3) is 0 Å². The van der Waals surface area contributed by atoms with E-state index in [2.05, 4.69) is 33.5 Å². The Morgan fingerprint density at radius 1 is 1.03 bits per heavy atom. The van der Waals surface area contributed by atoms with E-state index < -0.39 is 0 Å². The lowest BCUT2D eigenvalue weighted by atomic mass is 9.76. The second kappa shape index (κ2) is 10.5. The van der Waals surface area contributed by atoms with Crippen molar-refractivity contribution in [2.45, 2.75) is 83.5 Å². The Hall–Kier alpha value is -1.13. The summed E-state index contributed by atoms with van der Waals surface area (Å²) >= 11 is 0. The highest BCUT2D eigenvalue weighted by Gasteiger charge is 2.34. The molecule has 5 nitrogen and oxygen atoms in total. The molecule has 3 N–H and O–H groups in total. The van der Waals surface area contributed by atoms with E-state index in [1.165, 1.54) is 32.1 Å². The lowest BCUT2D eigenvalue weighted by Crippen LogP contribution is -2.63. The standard InChI is InChI=1S/C25H41N4O/c1-3-19-11-13-29(14-12-19)24(30)21-5-4-6-23(15-21)28-25-26-16-22(17-27-25)20-9-7-18(2)8-10-20/h1,18,20-23,25-28H,4-17H2,2H3. The van der Waals surface area contributed by atoms with Gasteiger partial charge in [-0.2, -0.15) is 0 Å². The third-order valence-corrected chi connectivity index (χ3v) is 8.20. The molecule has 0 aromatic rings. The fourth-order valence-electron chi connectivity index (χ4n) is 6.09. The quantitative estimate of drug-likeness (QED) is 0.620. The van der Waals surface area contributed by atoms with Crippen LogP contribution < -0.4 is 16.0 Å². The Morgan fingerprint density at radius 3 is 2.40 bits per heavy atom. The molecule has 30 heavy (non-hydrogen) atoms. The number of nitrogens with one attached hydrogen (secondary N) is 3. The van der Waals surface area contributed by atoms with Crippen molar-refractivity contribution in [2.75, 3.05) is 26.2 Å². The molecule has 2 heterocycles. The van der Waals surface area contributed by atoms with E-state index in [0.717, 1.165) is 81.6 Å². The van der Waals surface area contributed by atoms with Crippen LogP contribution in [0.5, 0.6) is 0 Å². The average molecular weight is 414 g/mol. The number of amides is 1. The second-order valence-corrected chi connectivity index (χ2v) is 10.3. The molecule has 0 bridgehead atoms. The Balaban J connectivity index is 1.20. The first-order valence-corrected chi connectivity index (χ1v) is 12.4. The number of carbonyl (C=O) groups is 1. The van der Waals surface area contributed by atoms with E-state index in [0.29, 0.717) is 11.9 Å². The summed E-state index contributed by atoms with van der Waals surface area (Å²) in [6.07, 6.45) is 11.9. The molecular formula is C25H41N4O. The number of nitrogens with zero attached hydrogens (tertiary/aromatic N) is 1. The third kappa shape index (κ3) is 5.56. The Labute approximate surface area is 183 Å². The first-order chi connectivity index (χ1) is 14.6. The fourth-order valence-corrected chi connectivity index (χ4v) is 6.09. The Kier molecular flexibility index (Phi) is 7.69. The van der Waals surface area contributed by atoms with Gasteiger partial charge in [0.15, 0.2) is 0 Å². The minimum Gasteiger partial charge on any atom is -0.342 e. The number of likely N-dealkylation sites (tertiary alicyclic amines) is 1. The predicted octanol–water partition coefficient (Wildman–Crippen LogP) is 3.19. The van der Waals surface area contributed by atoms with Crippen molar-refractivity contribution >= 4 is 5.91 Å². The summed E-state index contributed by atoms with van der Waals surface area (Å²) in [6, 6.07) is 0.419. The van der Waals surface area contributed by atoms with Gasteiger partial charge in [0, 0.05) is 38.1 Å². The summed E-state index contributed by atoms with van der Waals surface area (Å²) in [5.74, 6) is 3.10. The summed E-state index contributed by atoms with van der Waals surface area (Å²) in [5.41, 5.74) is 3.94. The van der Waals surface area contributed by atoms with Crippen LogP contribution in [0.1, 0.15) is 71.1 Å². The average Bonchev–Trinajstić information content (AvgIpc) is 2.80. The highest BCUT2D eigenvalue weighted by atomic mass is 16.2. The number of hydrogen-bond donors (Lipinski definition) is 3. The molecule has 4 aliphatic rings. The highest BCUT2D eigenvalue weighted by Crippen LogP contribution is 2.33. The number of piperidine rings is 1. The maximum absolute atomic E-state index is 13.0. The Bertz CT molecular complexity index is 617. The lowest BCUT2D eigenvalue weighted by Gasteiger charge is -2.41. The maximum Gasteiger partial charge on any atom is 0.225 e. The molecule has 2 saturated carbocycles. The summed E-state index contributed by atoms with van der Waals surface area (Å²) in [7, 11) is 0.